The highest BCUT2D eigenvalue weighted by molar-refractivity contribution is 9.42. The van der Waals surface area contributed by atoms with Crippen molar-refractivity contribution < 1.29 is 4.21 Å². The lowest BCUT2D eigenvalue weighted by Crippen LogP contribution is -2.36. The standard InChI is InChI=1S/C6H10Br3NOS/c7-6(8,9)12(11)10-4-2-1-3-5-10/h1-5H2. The molecule has 0 aromatic heterocycles. The first-order chi connectivity index (χ1) is 5.52. The quantitative estimate of drug-likeness (QED) is 0.637. The van der Waals surface area contributed by atoms with Crippen molar-refractivity contribution in [3.8, 4) is 0 Å². The Bertz CT molecular complexity index is 176. The molecule has 12 heavy (non-hydrogen) atoms. The molecule has 72 valence electrons. The molecule has 1 aliphatic rings. The number of hydrogen-bond acceptors (Lipinski definition) is 1. The minimum atomic E-state index is -1.04. The van der Waals surface area contributed by atoms with Crippen molar-refractivity contribution >= 4 is 58.8 Å². The molecule has 6 heteroatoms. The second-order valence-electron chi connectivity index (χ2n) is 2.68. The highest BCUT2D eigenvalue weighted by Crippen LogP contribution is 2.39. The summed E-state index contributed by atoms with van der Waals surface area (Å²) in [7, 11) is -1.04. The molecular formula is C6H10Br3NOS. The fraction of sp³-hybridized carbons (Fsp3) is 1.00. The van der Waals surface area contributed by atoms with Gasteiger partial charge in [0.15, 0.2) is 0 Å². The lowest BCUT2D eigenvalue weighted by Gasteiger charge is -2.28. The largest absolute Gasteiger partial charge is 0.239 e. The van der Waals surface area contributed by atoms with Gasteiger partial charge in [-0.15, -0.1) is 0 Å². The molecule has 0 spiro atoms. The van der Waals surface area contributed by atoms with Crippen molar-refractivity contribution in [3.05, 3.63) is 0 Å². The maximum atomic E-state index is 11.7. The van der Waals surface area contributed by atoms with Crippen LogP contribution in [0.5, 0.6) is 0 Å². The Morgan fingerprint density at radius 3 is 2.00 bits per heavy atom. The van der Waals surface area contributed by atoms with Gasteiger partial charge in [0.25, 0.3) is 0 Å². The Labute approximate surface area is 100 Å². The molecule has 0 amide bonds. The van der Waals surface area contributed by atoms with Gasteiger partial charge in [0.1, 0.15) is 11.0 Å². The topological polar surface area (TPSA) is 20.3 Å². The van der Waals surface area contributed by atoms with Crippen LogP contribution >= 0.6 is 47.8 Å². The molecule has 0 aromatic carbocycles. The van der Waals surface area contributed by atoms with E-state index >= 15 is 0 Å². The van der Waals surface area contributed by atoms with Crippen LogP contribution in [0, 0.1) is 0 Å². The third kappa shape index (κ3) is 3.36. The third-order valence-electron chi connectivity index (χ3n) is 1.75. The van der Waals surface area contributed by atoms with Crippen molar-refractivity contribution in [2.75, 3.05) is 13.1 Å². The zero-order chi connectivity index (χ0) is 9.19. The van der Waals surface area contributed by atoms with Gasteiger partial charge in [-0.25, -0.2) is 8.51 Å². The van der Waals surface area contributed by atoms with Gasteiger partial charge in [-0.05, 0) is 60.6 Å². The van der Waals surface area contributed by atoms with Gasteiger partial charge < -0.3 is 0 Å². The van der Waals surface area contributed by atoms with E-state index in [9.17, 15) is 4.21 Å². The molecule has 1 fully saturated rings. The van der Waals surface area contributed by atoms with Crippen molar-refractivity contribution in [1.82, 2.24) is 4.31 Å². The van der Waals surface area contributed by atoms with Crippen LogP contribution in [-0.2, 0) is 11.0 Å². The predicted octanol–water partition coefficient (Wildman–Crippen LogP) is 2.93. The molecule has 0 radical (unpaired) electrons. The van der Waals surface area contributed by atoms with Crippen LogP contribution < -0.4 is 0 Å². The molecular weight excluding hydrogens is 374 g/mol. The Morgan fingerprint density at radius 2 is 1.58 bits per heavy atom. The summed E-state index contributed by atoms with van der Waals surface area (Å²) in [5.74, 6) is 0. The van der Waals surface area contributed by atoms with Gasteiger partial charge >= 0.3 is 0 Å². The Hall–Kier alpha value is 1.55. The van der Waals surface area contributed by atoms with Crippen molar-refractivity contribution in [3.63, 3.8) is 0 Å². The minimum absolute atomic E-state index is 0.648. The lowest BCUT2D eigenvalue weighted by atomic mass is 10.2. The first-order valence-electron chi connectivity index (χ1n) is 3.75. The molecule has 1 unspecified atom stereocenters. The molecule has 1 saturated heterocycles. The highest BCUT2D eigenvalue weighted by atomic mass is 80.0. The van der Waals surface area contributed by atoms with Gasteiger partial charge in [0, 0.05) is 13.1 Å². The van der Waals surface area contributed by atoms with Crippen LogP contribution in [-0.4, -0.2) is 23.1 Å². The molecule has 1 aliphatic heterocycles. The van der Waals surface area contributed by atoms with E-state index in [2.05, 4.69) is 47.8 Å². The smallest absolute Gasteiger partial charge is 0.223 e. The van der Waals surface area contributed by atoms with Crippen molar-refractivity contribution in [2.45, 2.75) is 20.7 Å². The fourth-order valence-corrected chi connectivity index (χ4v) is 3.90. The van der Waals surface area contributed by atoms with Crippen molar-refractivity contribution in [2.24, 2.45) is 0 Å². The zero-order valence-electron chi connectivity index (χ0n) is 6.43. The van der Waals surface area contributed by atoms with Crippen LogP contribution in [0.2, 0.25) is 0 Å². The van der Waals surface area contributed by atoms with Gasteiger partial charge in [-0.2, -0.15) is 0 Å². The Kier molecular flexibility index (Phi) is 4.71. The molecule has 1 heterocycles. The SMILES string of the molecule is O=S(N1CCCCC1)C(Br)(Br)Br. The fourth-order valence-electron chi connectivity index (χ4n) is 1.18. The van der Waals surface area contributed by atoms with E-state index in [1.54, 1.807) is 0 Å². The molecule has 0 bridgehead atoms. The van der Waals surface area contributed by atoms with Crippen molar-refractivity contribution in [1.29, 1.82) is 0 Å². The second-order valence-corrected chi connectivity index (χ2v) is 12.6. The van der Waals surface area contributed by atoms with E-state index in [-0.39, 0.29) is 0 Å². The number of alkyl halides is 3. The number of nitrogens with zero attached hydrogens (tertiary/aromatic N) is 1. The molecule has 0 saturated carbocycles. The molecule has 0 N–H and O–H groups in total. The lowest BCUT2D eigenvalue weighted by molar-refractivity contribution is 0.366. The summed E-state index contributed by atoms with van der Waals surface area (Å²) >= 11 is 9.81. The Morgan fingerprint density at radius 1 is 1.08 bits per heavy atom. The first kappa shape index (κ1) is 11.6. The minimum Gasteiger partial charge on any atom is -0.239 e. The van der Waals surface area contributed by atoms with Gasteiger partial charge in [-0.3, -0.25) is 0 Å². The van der Waals surface area contributed by atoms with E-state index in [0.29, 0.717) is 0 Å². The monoisotopic (exact) mass is 381 g/mol. The predicted molar refractivity (Wildman–Crippen MR) is 63.1 cm³/mol. The summed E-state index contributed by atoms with van der Waals surface area (Å²) in [5.41, 5.74) is 0. The Balaban J connectivity index is 2.51. The van der Waals surface area contributed by atoms with Gasteiger partial charge in [-0.1, -0.05) is 6.42 Å². The maximum Gasteiger partial charge on any atom is 0.223 e. The van der Waals surface area contributed by atoms with E-state index in [0.717, 1.165) is 25.9 Å². The van der Waals surface area contributed by atoms with Crippen LogP contribution in [0.15, 0.2) is 0 Å². The normalized spacial score (nSPS) is 23.9. The second kappa shape index (κ2) is 4.87. The van der Waals surface area contributed by atoms with Gasteiger partial charge in [0.05, 0.1) is 0 Å². The molecule has 0 aliphatic carbocycles. The molecule has 0 aromatic rings. The summed E-state index contributed by atoms with van der Waals surface area (Å²) < 4.78 is 13.0. The number of hydrogen-bond donors (Lipinski definition) is 0. The molecule has 1 rings (SSSR count). The molecule has 1 atom stereocenters. The maximum absolute atomic E-state index is 11.7. The average molecular weight is 384 g/mol. The van der Waals surface area contributed by atoms with Gasteiger partial charge in [0.2, 0.25) is 1.47 Å². The summed E-state index contributed by atoms with van der Waals surface area (Å²) in [5, 5.41) is 0. The first-order valence-corrected chi connectivity index (χ1v) is 7.24. The summed E-state index contributed by atoms with van der Waals surface area (Å²) in [6.07, 6.45) is 3.55. The number of piperidine rings is 1. The van der Waals surface area contributed by atoms with Crippen LogP contribution in [0.4, 0.5) is 0 Å². The summed E-state index contributed by atoms with van der Waals surface area (Å²) in [4.78, 5) is 0. The van der Waals surface area contributed by atoms with E-state index < -0.39 is 12.5 Å². The average Bonchev–Trinajstić information content (AvgIpc) is 2.03. The number of halogens is 3. The zero-order valence-corrected chi connectivity index (χ0v) is 12.0. The van der Waals surface area contributed by atoms with E-state index in [4.69, 9.17) is 0 Å². The van der Waals surface area contributed by atoms with Crippen LogP contribution in [0.25, 0.3) is 0 Å². The van der Waals surface area contributed by atoms with Crippen LogP contribution in [0.1, 0.15) is 19.3 Å². The molecule has 2 nitrogen and oxygen atoms in total. The number of rotatable bonds is 1. The van der Waals surface area contributed by atoms with Crippen LogP contribution in [0.3, 0.4) is 0 Å². The highest BCUT2D eigenvalue weighted by Gasteiger charge is 2.32. The van der Waals surface area contributed by atoms with E-state index in [1.165, 1.54) is 6.42 Å². The van der Waals surface area contributed by atoms with E-state index in [1.807, 2.05) is 4.31 Å². The summed E-state index contributed by atoms with van der Waals surface area (Å²) in [6, 6.07) is 0. The third-order valence-corrected chi connectivity index (χ3v) is 5.47. The summed E-state index contributed by atoms with van der Waals surface area (Å²) in [6.45, 7) is 1.86.